The van der Waals surface area contributed by atoms with Crippen LogP contribution in [0.4, 0.5) is 5.69 Å². The van der Waals surface area contributed by atoms with Gasteiger partial charge >= 0.3 is 0 Å². The number of rotatable bonds is 6. The van der Waals surface area contributed by atoms with Gasteiger partial charge < -0.3 is 14.8 Å². The molecule has 1 amide bonds. The van der Waals surface area contributed by atoms with Crippen molar-refractivity contribution in [2.24, 2.45) is 0 Å². The molecule has 0 unspecified atom stereocenters. The Morgan fingerprint density at radius 1 is 1.28 bits per heavy atom. The average Bonchev–Trinajstić information content (AvgIpc) is 2.75. The van der Waals surface area contributed by atoms with Gasteiger partial charge in [-0.25, -0.2) is 0 Å². The molecule has 6 heteroatoms. The molecule has 0 spiro atoms. The normalized spacial score (nSPS) is 16.5. The summed E-state index contributed by atoms with van der Waals surface area (Å²) in [7, 11) is 0. The molecule has 0 aromatic heterocycles. The third kappa shape index (κ3) is 4.72. The van der Waals surface area contributed by atoms with E-state index in [0.29, 0.717) is 48.1 Å². The number of anilines is 1. The van der Waals surface area contributed by atoms with Gasteiger partial charge in [-0.2, -0.15) is 5.26 Å². The minimum atomic E-state index is -0.721. The van der Waals surface area contributed by atoms with Gasteiger partial charge in [0.05, 0.1) is 22.8 Å². The van der Waals surface area contributed by atoms with E-state index >= 15 is 0 Å². The second-order valence-electron chi connectivity index (χ2n) is 7.31. The largest absolute Gasteiger partial charge is 0.491 e. The van der Waals surface area contributed by atoms with Gasteiger partial charge in [-0.3, -0.25) is 4.79 Å². The SMILES string of the molecule is CC[C@@H](C)Oc1ccc(NC(=O)C2(c3ccc(Cl)cc3)CCOCC2)c(C#N)c1. The molecule has 152 valence electrons. The summed E-state index contributed by atoms with van der Waals surface area (Å²) in [6, 6.07) is 14.7. The van der Waals surface area contributed by atoms with Crippen molar-refractivity contribution in [3.05, 3.63) is 58.6 Å². The maximum Gasteiger partial charge on any atom is 0.235 e. The van der Waals surface area contributed by atoms with Gasteiger partial charge in [-0.15, -0.1) is 0 Å². The fourth-order valence-corrected chi connectivity index (χ4v) is 3.62. The number of benzene rings is 2. The van der Waals surface area contributed by atoms with Crippen molar-refractivity contribution in [3.63, 3.8) is 0 Å². The summed E-state index contributed by atoms with van der Waals surface area (Å²) in [5.74, 6) is 0.475. The number of ether oxygens (including phenoxy) is 2. The van der Waals surface area contributed by atoms with Crippen LogP contribution < -0.4 is 10.1 Å². The minimum absolute atomic E-state index is 0.0531. The quantitative estimate of drug-likeness (QED) is 0.718. The minimum Gasteiger partial charge on any atom is -0.491 e. The molecule has 29 heavy (non-hydrogen) atoms. The Labute approximate surface area is 176 Å². The van der Waals surface area contributed by atoms with E-state index in [-0.39, 0.29) is 12.0 Å². The van der Waals surface area contributed by atoms with E-state index in [4.69, 9.17) is 21.1 Å². The topological polar surface area (TPSA) is 71.3 Å². The van der Waals surface area contributed by atoms with Gasteiger partial charge in [0, 0.05) is 24.3 Å². The third-order valence-corrected chi connectivity index (χ3v) is 5.70. The highest BCUT2D eigenvalue weighted by Gasteiger charge is 2.42. The van der Waals surface area contributed by atoms with Crippen molar-refractivity contribution in [2.45, 2.75) is 44.6 Å². The predicted octanol–water partition coefficient (Wildman–Crippen LogP) is 5.08. The summed E-state index contributed by atoms with van der Waals surface area (Å²) in [5, 5.41) is 13.2. The first-order chi connectivity index (χ1) is 14.0. The van der Waals surface area contributed by atoms with Crippen molar-refractivity contribution in [3.8, 4) is 11.8 Å². The maximum atomic E-state index is 13.4. The van der Waals surface area contributed by atoms with E-state index in [1.165, 1.54) is 0 Å². The van der Waals surface area contributed by atoms with Crippen LogP contribution in [-0.2, 0) is 14.9 Å². The second kappa shape index (κ2) is 9.30. The highest BCUT2D eigenvalue weighted by molar-refractivity contribution is 6.30. The Hall–Kier alpha value is -2.55. The van der Waals surface area contributed by atoms with Crippen LogP contribution in [0.1, 0.15) is 44.2 Å². The van der Waals surface area contributed by atoms with Crippen LogP contribution in [0.5, 0.6) is 5.75 Å². The number of carbonyl (C=O) groups is 1. The molecule has 2 aromatic carbocycles. The number of nitriles is 1. The molecule has 1 heterocycles. The zero-order chi connectivity index (χ0) is 20.9. The lowest BCUT2D eigenvalue weighted by Crippen LogP contribution is -2.45. The molecule has 0 bridgehead atoms. The average molecular weight is 413 g/mol. The van der Waals surface area contributed by atoms with Gasteiger partial charge in [-0.05, 0) is 56.0 Å². The number of nitrogens with zero attached hydrogens (tertiary/aromatic N) is 1. The lowest BCUT2D eigenvalue weighted by Gasteiger charge is -2.36. The first-order valence-electron chi connectivity index (χ1n) is 9.84. The molecule has 1 aliphatic heterocycles. The smallest absolute Gasteiger partial charge is 0.235 e. The molecule has 3 rings (SSSR count). The number of hydrogen-bond acceptors (Lipinski definition) is 4. The molecular weight excluding hydrogens is 388 g/mol. The van der Waals surface area contributed by atoms with E-state index < -0.39 is 5.41 Å². The summed E-state index contributed by atoms with van der Waals surface area (Å²) in [4.78, 5) is 13.4. The molecule has 2 aromatic rings. The first kappa shape index (κ1) is 21.2. The first-order valence-corrected chi connectivity index (χ1v) is 10.2. The fourth-order valence-electron chi connectivity index (χ4n) is 3.49. The molecule has 5 nitrogen and oxygen atoms in total. The van der Waals surface area contributed by atoms with Gasteiger partial charge in [0.1, 0.15) is 11.8 Å². The van der Waals surface area contributed by atoms with E-state index in [2.05, 4.69) is 11.4 Å². The molecular formula is C23H25ClN2O3. The Kier molecular flexibility index (Phi) is 6.79. The molecule has 1 saturated heterocycles. The number of nitrogens with one attached hydrogen (secondary N) is 1. The molecule has 0 radical (unpaired) electrons. The Balaban J connectivity index is 1.88. The van der Waals surface area contributed by atoms with E-state index in [0.717, 1.165) is 12.0 Å². The zero-order valence-electron chi connectivity index (χ0n) is 16.7. The Bertz CT molecular complexity index is 899. The zero-order valence-corrected chi connectivity index (χ0v) is 17.5. The van der Waals surface area contributed by atoms with Crippen molar-refractivity contribution < 1.29 is 14.3 Å². The van der Waals surface area contributed by atoms with Crippen LogP contribution in [0, 0.1) is 11.3 Å². The maximum absolute atomic E-state index is 13.4. The predicted molar refractivity (Wildman–Crippen MR) is 113 cm³/mol. The van der Waals surface area contributed by atoms with Gasteiger partial charge in [0.2, 0.25) is 5.91 Å². The highest BCUT2D eigenvalue weighted by atomic mass is 35.5. The molecule has 1 fully saturated rings. The summed E-state index contributed by atoms with van der Waals surface area (Å²) < 4.78 is 11.3. The van der Waals surface area contributed by atoms with Gasteiger partial charge in [0.15, 0.2) is 0 Å². The molecule has 0 saturated carbocycles. The number of halogens is 1. The summed E-state index contributed by atoms with van der Waals surface area (Å²) >= 11 is 6.03. The van der Waals surface area contributed by atoms with Crippen LogP contribution >= 0.6 is 11.6 Å². The summed E-state index contributed by atoms with van der Waals surface area (Å²) in [5.41, 5.74) is 1.03. The lowest BCUT2D eigenvalue weighted by atomic mass is 9.73. The number of carbonyl (C=O) groups excluding carboxylic acids is 1. The Morgan fingerprint density at radius 2 is 1.97 bits per heavy atom. The van der Waals surface area contributed by atoms with E-state index in [1.807, 2.05) is 26.0 Å². The van der Waals surface area contributed by atoms with Crippen LogP contribution in [0.2, 0.25) is 5.02 Å². The monoisotopic (exact) mass is 412 g/mol. The second-order valence-corrected chi connectivity index (χ2v) is 7.75. The van der Waals surface area contributed by atoms with Crippen LogP contribution in [0.25, 0.3) is 0 Å². The van der Waals surface area contributed by atoms with Crippen molar-refractivity contribution in [1.82, 2.24) is 0 Å². The van der Waals surface area contributed by atoms with Gasteiger partial charge in [-0.1, -0.05) is 30.7 Å². The highest BCUT2D eigenvalue weighted by Crippen LogP contribution is 2.37. The van der Waals surface area contributed by atoms with Gasteiger partial charge in [0.25, 0.3) is 0 Å². The molecule has 0 aliphatic carbocycles. The molecule has 1 aliphatic rings. The fraction of sp³-hybridized carbons (Fsp3) is 0.391. The molecule has 1 atom stereocenters. The van der Waals surface area contributed by atoms with Crippen molar-refractivity contribution >= 4 is 23.2 Å². The third-order valence-electron chi connectivity index (χ3n) is 5.45. The van der Waals surface area contributed by atoms with Crippen LogP contribution in [0.3, 0.4) is 0 Å². The summed E-state index contributed by atoms with van der Waals surface area (Å²) in [6.07, 6.45) is 2.05. The van der Waals surface area contributed by atoms with Crippen molar-refractivity contribution in [2.75, 3.05) is 18.5 Å². The Morgan fingerprint density at radius 3 is 2.59 bits per heavy atom. The van der Waals surface area contributed by atoms with Crippen molar-refractivity contribution in [1.29, 1.82) is 5.26 Å². The summed E-state index contributed by atoms with van der Waals surface area (Å²) in [6.45, 7) is 5.02. The number of hydrogen-bond donors (Lipinski definition) is 1. The van der Waals surface area contributed by atoms with Crippen LogP contribution in [-0.4, -0.2) is 25.2 Å². The lowest BCUT2D eigenvalue weighted by molar-refractivity contribution is -0.125. The van der Waals surface area contributed by atoms with E-state index in [9.17, 15) is 10.1 Å². The van der Waals surface area contributed by atoms with E-state index in [1.54, 1.807) is 30.3 Å². The standard InChI is InChI=1S/C23H25ClN2O3/c1-3-16(2)29-20-8-9-21(17(14-20)15-25)26-22(27)23(10-12-28-13-11-23)18-4-6-19(24)7-5-18/h4-9,14,16H,3,10-13H2,1-2H3,(H,26,27)/t16-/m1/s1. The van der Waals surface area contributed by atoms with Crippen LogP contribution in [0.15, 0.2) is 42.5 Å². The molecule has 1 N–H and O–H groups in total. The number of amides is 1.